The first kappa shape index (κ1) is 10.7. The molecule has 1 fully saturated rings. The van der Waals surface area contributed by atoms with Crippen molar-refractivity contribution in [3.05, 3.63) is 35.4 Å². The molecule has 1 aromatic carbocycles. The third kappa shape index (κ3) is 2.58. The maximum Gasteiger partial charge on any atom is 0.120 e. The van der Waals surface area contributed by atoms with Crippen LogP contribution in [0.5, 0.6) is 0 Å². The normalized spacial score (nSPS) is 30.7. The van der Waals surface area contributed by atoms with Crippen molar-refractivity contribution in [1.29, 1.82) is 0 Å². The minimum absolute atomic E-state index is 0.186. The first-order valence-electron chi connectivity index (χ1n) is 5.56. The van der Waals surface area contributed by atoms with Crippen LogP contribution in [-0.4, -0.2) is 18.4 Å². The number of benzene rings is 1. The van der Waals surface area contributed by atoms with Gasteiger partial charge in [0.2, 0.25) is 0 Å². The van der Waals surface area contributed by atoms with Crippen molar-refractivity contribution in [2.75, 3.05) is 6.54 Å². The maximum atomic E-state index is 5.87. The second-order valence-corrected chi connectivity index (χ2v) is 4.70. The number of hydrogen-bond acceptors (Lipinski definition) is 2. The SMILES string of the molecule is Cc1ccc(CC2(C)NCC(C)O2)cc1. The molecule has 15 heavy (non-hydrogen) atoms. The smallest absolute Gasteiger partial charge is 0.120 e. The largest absolute Gasteiger partial charge is 0.356 e. The van der Waals surface area contributed by atoms with Crippen LogP contribution >= 0.6 is 0 Å². The lowest BCUT2D eigenvalue weighted by Crippen LogP contribution is -2.39. The van der Waals surface area contributed by atoms with Crippen LogP contribution in [0.15, 0.2) is 24.3 Å². The zero-order valence-electron chi connectivity index (χ0n) is 9.71. The van der Waals surface area contributed by atoms with Gasteiger partial charge in [-0.2, -0.15) is 0 Å². The molecule has 2 atom stereocenters. The van der Waals surface area contributed by atoms with Crippen molar-refractivity contribution in [1.82, 2.24) is 5.32 Å². The van der Waals surface area contributed by atoms with E-state index in [2.05, 4.69) is 50.4 Å². The van der Waals surface area contributed by atoms with Crippen molar-refractivity contribution in [3.63, 3.8) is 0 Å². The molecule has 0 amide bonds. The molecule has 1 saturated heterocycles. The molecular formula is C13H19NO. The Bertz CT molecular complexity index is 333. The molecule has 1 heterocycles. The highest BCUT2D eigenvalue weighted by Crippen LogP contribution is 2.21. The van der Waals surface area contributed by atoms with E-state index >= 15 is 0 Å². The van der Waals surface area contributed by atoms with Gasteiger partial charge in [-0.05, 0) is 26.3 Å². The summed E-state index contributed by atoms with van der Waals surface area (Å²) in [5.41, 5.74) is 2.44. The average molecular weight is 205 g/mol. The Morgan fingerprint density at radius 3 is 2.60 bits per heavy atom. The summed E-state index contributed by atoms with van der Waals surface area (Å²) in [4.78, 5) is 0. The fraction of sp³-hybridized carbons (Fsp3) is 0.538. The molecule has 2 rings (SSSR count). The number of aryl methyl sites for hydroxylation is 1. The Labute approximate surface area is 91.6 Å². The third-order valence-electron chi connectivity index (χ3n) is 2.89. The highest BCUT2D eigenvalue weighted by molar-refractivity contribution is 5.22. The summed E-state index contributed by atoms with van der Waals surface area (Å²) in [6.45, 7) is 7.28. The Morgan fingerprint density at radius 2 is 2.07 bits per heavy atom. The molecule has 2 heteroatoms. The molecule has 0 spiro atoms. The standard InChI is InChI=1S/C13H19NO/c1-10-4-6-12(7-5-10)8-13(3)14-9-11(2)15-13/h4-7,11,14H,8-9H2,1-3H3. The molecule has 1 aliphatic rings. The van der Waals surface area contributed by atoms with Crippen molar-refractivity contribution in [2.24, 2.45) is 0 Å². The van der Waals surface area contributed by atoms with Crippen molar-refractivity contribution >= 4 is 0 Å². The molecule has 0 saturated carbocycles. The van der Waals surface area contributed by atoms with Crippen LogP contribution in [0.1, 0.15) is 25.0 Å². The number of ether oxygens (including phenoxy) is 1. The van der Waals surface area contributed by atoms with E-state index < -0.39 is 0 Å². The first-order chi connectivity index (χ1) is 7.07. The maximum absolute atomic E-state index is 5.87. The highest BCUT2D eigenvalue weighted by atomic mass is 16.5. The van der Waals surface area contributed by atoms with Crippen LogP contribution in [-0.2, 0) is 11.2 Å². The molecule has 0 radical (unpaired) electrons. The lowest BCUT2D eigenvalue weighted by molar-refractivity contribution is -0.0292. The second kappa shape index (κ2) is 3.95. The Balaban J connectivity index is 2.05. The lowest BCUT2D eigenvalue weighted by Gasteiger charge is -2.24. The van der Waals surface area contributed by atoms with Gasteiger partial charge in [0, 0.05) is 13.0 Å². The van der Waals surface area contributed by atoms with Gasteiger partial charge in [0.15, 0.2) is 0 Å². The zero-order valence-corrected chi connectivity index (χ0v) is 9.71. The van der Waals surface area contributed by atoms with Gasteiger partial charge in [-0.1, -0.05) is 29.8 Å². The molecule has 1 N–H and O–H groups in total. The molecule has 0 bridgehead atoms. The highest BCUT2D eigenvalue weighted by Gasteiger charge is 2.33. The molecule has 1 aliphatic heterocycles. The van der Waals surface area contributed by atoms with Gasteiger partial charge in [-0.15, -0.1) is 0 Å². The van der Waals surface area contributed by atoms with Gasteiger partial charge in [-0.3, -0.25) is 5.32 Å². The van der Waals surface area contributed by atoms with Crippen LogP contribution < -0.4 is 5.32 Å². The van der Waals surface area contributed by atoms with E-state index in [1.54, 1.807) is 0 Å². The summed E-state index contributed by atoms with van der Waals surface area (Å²) >= 11 is 0. The monoisotopic (exact) mass is 205 g/mol. The predicted octanol–water partition coefficient (Wildman–Crippen LogP) is 2.26. The van der Waals surface area contributed by atoms with E-state index in [9.17, 15) is 0 Å². The van der Waals surface area contributed by atoms with Gasteiger partial charge in [0.1, 0.15) is 5.72 Å². The van der Waals surface area contributed by atoms with Gasteiger partial charge >= 0.3 is 0 Å². The molecule has 0 aromatic heterocycles. The summed E-state index contributed by atoms with van der Waals surface area (Å²) in [6.07, 6.45) is 1.25. The van der Waals surface area contributed by atoms with Gasteiger partial charge in [-0.25, -0.2) is 0 Å². The van der Waals surface area contributed by atoms with Crippen LogP contribution in [0.2, 0.25) is 0 Å². The Morgan fingerprint density at radius 1 is 1.40 bits per heavy atom. The lowest BCUT2D eigenvalue weighted by atomic mass is 10.0. The van der Waals surface area contributed by atoms with Gasteiger partial charge < -0.3 is 4.74 Å². The van der Waals surface area contributed by atoms with Crippen LogP contribution in [0.3, 0.4) is 0 Å². The molecule has 2 nitrogen and oxygen atoms in total. The molecule has 82 valence electrons. The zero-order chi connectivity index (χ0) is 10.9. The molecule has 2 unspecified atom stereocenters. The van der Waals surface area contributed by atoms with Crippen molar-refractivity contribution in [3.8, 4) is 0 Å². The van der Waals surface area contributed by atoms with Crippen molar-refractivity contribution in [2.45, 2.75) is 39.0 Å². The van der Waals surface area contributed by atoms with Crippen molar-refractivity contribution < 1.29 is 4.74 Å². The summed E-state index contributed by atoms with van der Waals surface area (Å²) in [7, 11) is 0. The molecule has 0 aliphatic carbocycles. The van der Waals surface area contributed by atoms with E-state index in [0.717, 1.165) is 13.0 Å². The second-order valence-electron chi connectivity index (χ2n) is 4.70. The van der Waals surface area contributed by atoms with E-state index in [1.165, 1.54) is 11.1 Å². The topological polar surface area (TPSA) is 21.3 Å². The molecular weight excluding hydrogens is 186 g/mol. The summed E-state index contributed by atoms with van der Waals surface area (Å²) in [5, 5.41) is 3.42. The summed E-state index contributed by atoms with van der Waals surface area (Å²) < 4.78 is 5.87. The minimum atomic E-state index is -0.186. The third-order valence-corrected chi connectivity index (χ3v) is 2.89. The Kier molecular flexibility index (Phi) is 2.81. The summed E-state index contributed by atoms with van der Waals surface area (Å²) in [5.74, 6) is 0. The predicted molar refractivity (Wildman–Crippen MR) is 61.8 cm³/mol. The van der Waals surface area contributed by atoms with Gasteiger partial charge in [0.25, 0.3) is 0 Å². The quantitative estimate of drug-likeness (QED) is 0.799. The fourth-order valence-corrected chi connectivity index (χ4v) is 2.09. The van der Waals surface area contributed by atoms with Crippen LogP contribution in [0.25, 0.3) is 0 Å². The van der Waals surface area contributed by atoms with Crippen LogP contribution in [0, 0.1) is 6.92 Å². The van der Waals surface area contributed by atoms with Gasteiger partial charge in [0.05, 0.1) is 6.10 Å². The van der Waals surface area contributed by atoms with E-state index in [-0.39, 0.29) is 5.72 Å². The average Bonchev–Trinajstić information content (AvgIpc) is 2.50. The number of rotatable bonds is 2. The van der Waals surface area contributed by atoms with Crippen LogP contribution in [0.4, 0.5) is 0 Å². The molecule has 1 aromatic rings. The minimum Gasteiger partial charge on any atom is -0.356 e. The fourth-order valence-electron chi connectivity index (χ4n) is 2.09. The summed E-state index contributed by atoms with van der Waals surface area (Å²) in [6, 6.07) is 8.65. The Hall–Kier alpha value is -0.860. The van der Waals surface area contributed by atoms with E-state index in [1.807, 2.05) is 0 Å². The first-order valence-corrected chi connectivity index (χ1v) is 5.56. The van der Waals surface area contributed by atoms with E-state index in [0.29, 0.717) is 6.10 Å². The van der Waals surface area contributed by atoms with E-state index in [4.69, 9.17) is 4.74 Å². The number of hydrogen-bond donors (Lipinski definition) is 1. The number of nitrogens with one attached hydrogen (secondary N) is 1.